The second kappa shape index (κ2) is 8.54. The fraction of sp³-hybridized carbons (Fsp3) is 0.300. The van der Waals surface area contributed by atoms with E-state index in [0.717, 1.165) is 13.1 Å². The molecule has 1 saturated heterocycles. The summed E-state index contributed by atoms with van der Waals surface area (Å²) in [6.45, 7) is 2.65. The van der Waals surface area contributed by atoms with Crippen molar-refractivity contribution in [1.29, 1.82) is 0 Å². The second-order valence-corrected chi connectivity index (χ2v) is 7.91. The number of amides is 1. The monoisotopic (exact) mass is 411 g/mol. The van der Waals surface area contributed by atoms with Gasteiger partial charge in [0.2, 0.25) is 0 Å². The Balaban J connectivity index is 1.42. The van der Waals surface area contributed by atoms with Gasteiger partial charge >= 0.3 is 0 Å². The van der Waals surface area contributed by atoms with Crippen molar-refractivity contribution in [3.63, 3.8) is 0 Å². The Morgan fingerprint density at radius 2 is 2.00 bits per heavy atom. The molecule has 1 unspecified atom stereocenters. The van der Waals surface area contributed by atoms with Crippen LogP contribution < -0.4 is 5.32 Å². The summed E-state index contributed by atoms with van der Waals surface area (Å²) in [7, 11) is 0. The van der Waals surface area contributed by atoms with Gasteiger partial charge in [-0.1, -0.05) is 6.07 Å². The first-order chi connectivity index (χ1) is 14.1. The van der Waals surface area contributed by atoms with E-state index < -0.39 is 4.92 Å². The molecule has 0 spiro atoms. The van der Waals surface area contributed by atoms with Crippen LogP contribution in [0.3, 0.4) is 0 Å². The lowest BCUT2D eigenvalue weighted by atomic mass is 10.2. The molecule has 8 nitrogen and oxygen atoms in total. The number of aromatic nitrogens is 2. The van der Waals surface area contributed by atoms with Crippen molar-refractivity contribution in [3.05, 3.63) is 74.7 Å². The minimum atomic E-state index is -0.448. The summed E-state index contributed by atoms with van der Waals surface area (Å²) in [4.78, 5) is 26.7. The van der Waals surface area contributed by atoms with Crippen LogP contribution in [0.1, 0.15) is 34.1 Å². The fourth-order valence-electron chi connectivity index (χ4n) is 3.54. The molecule has 0 radical (unpaired) electrons. The number of nitro groups is 1. The summed E-state index contributed by atoms with van der Waals surface area (Å²) in [5, 5.41) is 20.1. The van der Waals surface area contributed by atoms with Gasteiger partial charge in [0.05, 0.1) is 28.4 Å². The number of likely N-dealkylation sites (tertiary alicyclic amines) is 1. The normalized spacial score (nSPS) is 15.3. The van der Waals surface area contributed by atoms with Gasteiger partial charge in [0.25, 0.3) is 11.6 Å². The first-order valence-corrected chi connectivity index (χ1v) is 10.3. The first kappa shape index (κ1) is 19.3. The molecule has 2 aromatic heterocycles. The standard InChI is InChI=1S/C20H21N5O3S/c26-20(21-13-18(19-4-3-11-29-19)23-9-1-2-10-23)15-12-22-24(14-15)16-5-7-17(8-6-16)25(27)28/h3-8,11-12,14,18H,1-2,9-10,13H2,(H,21,26). The Bertz CT molecular complexity index is 978. The van der Waals surface area contributed by atoms with Crippen LogP contribution >= 0.6 is 11.3 Å². The Hall–Kier alpha value is -3.04. The summed E-state index contributed by atoms with van der Waals surface area (Å²) in [5.41, 5.74) is 1.12. The zero-order valence-corrected chi connectivity index (χ0v) is 16.5. The molecule has 3 heterocycles. The number of benzene rings is 1. The minimum Gasteiger partial charge on any atom is -0.350 e. The van der Waals surface area contributed by atoms with E-state index in [1.807, 2.05) is 6.07 Å². The Morgan fingerprint density at radius 3 is 2.66 bits per heavy atom. The van der Waals surface area contributed by atoms with Gasteiger partial charge in [-0.2, -0.15) is 5.10 Å². The van der Waals surface area contributed by atoms with E-state index in [1.54, 1.807) is 29.7 Å². The summed E-state index contributed by atoms with van der Waals surface area (Å²) in [6, 6.07) is 10.4. The number of hydrogen-bond donors (Lipinski definition) is 1. The van der Waals surface area contributed by atoms with E-state index in [4.69, 9.17) is 0 Å². The van der Waals surface area contributed by atoms with Crippen LogP contribution in [0.25, 0.3) is 5.69 Å². The summed E-state index contributed by atoms with van der Waals surface area (Å²) in [6.07, 6.45) is 5.52. The van der Waals surface area contributed by atoms with Crippen molar-refractivity contribution in [3.8, 4) is 5.69 Å². The van der Waals surface area contributed by atoms with Gasteiger partial charge in [0, 0.05) is 29.8 Å². The minimum absolute atomic E-state index is 0.0143. The van der Waals surface area contributed by atoms with Crippen molar-refractivity contribution in [2.75, 3.05) is 19.6 Å². The van der Waals surface area contributed by atoms with Crippen LogP contribution in [0.5, 0.6) is 0 Å². The highest BCUT2D eigenvalue weighted by Crippen LogP contribution is 2.28. The highest BCUT2D eigenvalue weighted by molar-refractivity contribution is 7.10. The second-order valence-electron chi connectivity index (χ2n) is 6.93. The predicted molar refractivity (Wildman–Crippen MR) is 110 cm³/mol. The van der Waals surface area contributed by atoms with Crippen LogP contribution in [0, 0.1) is 10.1 Å². The molecule has 9 heteroatoms. The Morgan fingerprint density at radius 1 is 1.24 bits per heavy atom. The van der Waals surface area contributed by atoms with Crippen LogP contribution in [0.4, 0.5) is 5.69 Å². The maximum atomic E-state index is 12.7. The number of carbonyl (C=O) groups excluding carboxylic acids is 1. The molecule has 1 fully saturated rings. The lowest BCUT2D eigenvalue weighted by molar-refractivity contribution is -0.384. The van der Waals surface area contributed by atoms with E-state index in [0.29, 0.717) is 17.8 Å². The first-order valence-electron chi connectivity index (χ1n) is 9.47. The maximum Gasteiger partial charge on any atom is 0.269 e. The average molecular weight is 411 g/mol. The topological polar surface area (TPSA) is 93.3 Å². The highest BCUT2D eigenvalue weighted by atomic mass is 32.1. The number of thiophene rings is 1. The summed E-state index contributed by atoms with van der Waals surface area (Å²) in [5.74, 6) is -0.182. The molecule has 150 valence electrons. The number of hydrogen-bond acceptors (Lipinski definition) is 6. The zero-order chi connectivity index (χ0) is 20.2. The number of nitro benzene ring substituents is 1. The molecule has 1 aliphatic rings. The van der Waals surface area contributed by atoms with E-state index in [-0.39, 0.29) is 17.6 Å². The van der Waals surface area contributed by atoms with E-state index in [2.05, 4.69) is 26.8 Å². The Labute approximate surface area is 171 Å². The molecule has 4 rings (SSSR count). The zero-order valence-electron chi connectivity index (χ0n) is 15.7. The van der Waals surface area contributed by atoms with Gasteiger partial charge in [-0.15, -0.1) is 11.3 Å². The smallest absolute Gasteiger partial charge is 0.269 e. The Kier molecular flexibility index (Phi) is 5.68. The lowest BCUT2D eigenvalue weighted by Gasteiger charge is -2.26. The largest absolute Gasteiger partial charge is 0.350 e. The molecule has 0 saturated carbocycles. The SMILES string of the molecule is O=C(NCC(c1cccs1)N1CCCC1)c1cnn(-c2ccc([N+](=O)[O-])cc2)c1. The van der Waals surface area contributed by atoms with E-state index in [1.165, 1.54) is 40.7 Å². The molecule has 1 atom stereocenters. The molecule has 3 aromatic rings. The van der Waals surface area contributed by atoms with Crippen molar-refractivity contribution < 1.29 is 9.72 Å². The fourth-order valence-corrected chi connectivity index (χ4v) is 4.40. The summed E-state index contributed by atoms with van der Waals surface area (Å²) < 4.78 is 1.54. The molecule has 1 aromatic carbocycles. The molecular formula is C20H21N5O3S. The third kappa shape index (κ3) is 4.36. The van der Waals surface area contributed by atoms with Crippen molar-refractivity contribution in [2.24, 2.45) is 0 Å². The highest BCUT2D eigenvalue weighted by Gasteiger charge is 2.25. The van der Waals surface area contributed by atoms with Crippen molar-refractivity contribution >= 4 is 22.9 Å². The average Bonchev–Trinajstić information content (AvgIpc) is 3.50. The van der Waals surface area contributed by atoms with E-state index in [9.17, 15) is 14.9 Å². The van der Waals surface area contributed by atoms with E-state index >= 15 is 0 Å². The van der Waals surface area contributed by atoms with Crippen molar-refractivity contribution in [1.82, 2.24) is 20.0 Å². The van der Waals surface area contributed by atoms with Crippen molar-refractivity contribution in [2.45, 2.75) is 18.9 Å². The predicted octanol–water partition coefficient (Wildman–Crippen LogP) is 3.41. The van der Waals surface area contributed by atoms with Gasteiger partial charge < -0.3 is 5.32 Å². The van der Waals surface area contributed by atoms with Gasteiger partial charge in [0.15, 0.2) is 0 Å². The van der Waals surface area contributed by atoms with Gasteiger partial charge in [-0.05, 0) is 49.5 Å². The third-order valence-electron chi connectivity index (χ3n) is 5.08. The molecule has 1 aliphatic heterocycles. The van der Waals surface area contributed by atoms with Gasteiger partial charge in [0.1, 0.15) is 0 Å². The van der Waals surface area contributed by atoms with Gasteiger partial charge in [-0.25, -0.2) is 4.68 Å². The molecule has 1 amide bonds. The number of nitrogens with one attached hydrogen (secondary N) is 1. The number of rotatable bonds is 7. The molecular weight excluding hydrogens is 390 g/mol. The number of nitrogens with zero attached hydrogens (tertiary/aromatic N) is 4. The molecule has 0 aliphatic carbocycles. The van der Waals surface area contributed by atoms with Crippen LogP contribution in [-0.2, 0) is 0 Å². The van der Waals surface area contributed by atoms with Crippen LogP contribution in [0.15, 0.2) is 54.2 Å². The maximum absolute atomic E-state index is 12.7. The lowest BCUT2D eigenvalue weighted by Crippen LogP contribution is -2.36. The quantitative estimate of drug-likeness (QED) is 0.475. The molecule has 1 N–H and O–H groups in total. The van der Waals surface area contributed by atoms with Crippen LogP contribution in [0.2, 0.25) is 0 Å². The third-order valence-corrected chi connectivity index (χ3v) is 6.05. The number of carbonyl (C=O) groups is 1. The summed E-state index contributed by atoms with van der Waals surface area (Å²) >= 11 is 1.71. The van der Waals surface area contributed by atoms with Crippen LogP contribution in [-0.4, -0.2) is 45.1 Å². The van der Waals surface area contributed by atoms with Gasteiger partial charge in [-0.3, -0.25) is 19.8 Å². The molecule has 29 heavy (non-hydrogen) atoms. The molecule has 0 bridgehead atoms. The number of non-ortho nitro benzene ring substituents is 1.